The van der Waals surface area contributed by atoms with E-state index in [1.807, 2.05) is 4.90 Å². The van der Waals surface area contributed by atoms with Gasteiger partial charge in [-0.3, -0.25) is 4.79 Å². The van der Waals surface area contributed by atoms with Crippen molar-refractivity contribution < 1.29 is 9.18 Å². The van der Waals surface area contributed by atoms with Gasteiger partial charge in [0.05, 0.1) is 5.56 Å². The Balaban J connectivity index is 1.78. The molecule has 0 spiro atoms. The third kappa shape index (κ3) is 2.54. The van der Waals surface area contributed by atoms with E-state index in [1.54, 1.807) is 6.07 Å². The van der Waals surface area contributed by atoms with Crippen LogP contribution in [0.4, 0.5) is 4.39 Å². The van der Waals surface area contributed by atoms with Crippen molar-refractivity contribution in [3.63, 3.8) is 0 Å². The molecule has 2 atom stereocenters. The van der Waals surface area contributed by atoms with E-state index in [2.05, 4.69) is 21.2 Å². The molecule has 102 valence electrons. The summed E-state index contributed by atoms with van der Waals surface area (Å²) in [6.45, 7) is 2.57. The number of hydrogen-bond acceptors (Lipinski definition) is 2. The van der Waals surface area contributed by atoms with E-state index in [-0.39, 0.29) is 11.7 Å². The van der Waals surface area contributed by atoms with Crippen LogP contribution in [-0.4, -0.2) is 36.5 Å². The van der Waals surface area contributed by atoms with Crippen LogP contribution in [0.3, 0.4) is 0 Å². The minimum Gasteiger partial charge on any atom is -0.338 e. The highest BCUT2D eigenvalue weighted by molar-refractivity contribution is 9.10. The van der Waals surface area contributed by atoms with Crippen molar-refractivity contribution in [3.8, 4) is 0 Å². The molecule has 2 saturated heterocycles. The van der Waals surface area contributed by atoms with Crippen LogP contribution in [-0.2, 0) is 0 Å². The molecule has 0 saturated carbocycles. The maximum atomic E-state index is 13.3. The number of fused-ring (bicyclic) bond motifs is 1. The number of nitrogens with one attached hydrogen (secondary N) is 1. The van der Waals surface area contributed by atoms with Gasteiger partial charge in [-0.1, -0.05) is 0 Å². The second kappa shape index (κ2) is 5.21. The lowest BCUT2D eigenvalue weighted by molar-refractivity contribution is 0.0660. The molecular formula is C14H16BrFN2O. The van der Waals surface area contributed by atoms with E-state index in [9.17, 15) is 9.18 Å². The number of nitrogens with zero attached hydrogens (tertiary/aromatic N) is 1. The molecule has 19 heavy (non-hydrogen) atoms. The van der Waals surface area contributed by atoms with Crippen LogP contribution >= 0.6 is 15.9 Å². The van der Waals surface area contributed by atoms with Crippen molar-refractivity contribution in [2.45, 2.75) is 18.9 Å². The number of halogens is 2. The van der Waals surface area contributed by atoms with Crippen LogP contribution in [0.15, 0.2) is 22.7 Å². The molecule has 1 aromatic rings. The molecule has 2 aliphatic rings. The van der Waals surface area contributed by atoms with Gasteiger partial charge in [0.1, 0.15) is 5.82 Å². The number of carbonyl (C=O) groups is 1. The van der Waals surface area contributed by atoms with Gasteiger partial charge in [-0.05, 0) is 59.4 Å². The fraction of sp³-hybridized carbons (Fsp3) is 0.500. The lowest BCUT2D eigenvalue weighted by Crippen LogP contribution is -2.46. The van der Waals surface area contributed by atoms with E-state index in [1.165, 1.54) is 12.1 Å². The maximum Gasteiger partial charge on any atom is 0.255 e. The Bertz CT molecular complexity index is 508. The highest BCUT2D eigenvalue weighted by Crippen LogP contribution is 2.27. The molecule has 3 nitrogen and oxygen atoms in total. The van der Waals surface area contributed by atoms with Crippen molar-refractivity contribution in [3.05, 3.63) is 34.1 Å². The molecule has 0 aromatic heterocycles. The number of rotatable bonds is 1. The molecule has 2 heterocycles. The predicted molar refractivity (Wildman–Crippen MR) is 74.5 cm³/mol. The Kier molecular flexibility index (Phi) is 3.58. The molecule has 2 aliphatic heterocycles. The average Bonchev–Trinajstić information content (AvgIpc) is 2.88. The van der Waals surface area contributed by atoms with Gasteiger partial charge in [0.15, 0.2) is 0 Å². The SMILES string of the molecule is O=C(c1cc(F)ccc1Br)N1CCC2NCCC2C1. The molecule has 0 aliphatic carbocycles. The highest BCUT2D eigenvalue weighted by Gasteiger charge is 2.34. The van der Waals surface area contributed by atoms with Gasteiger partial charge in [0.25, 0.3) is 5.91 Å². The first-order chi connectivity index (χ1) is 9.15. The first-order valence-corrected chi connectivity index (χ1v) is 7.42. The molecule has 2 fully saturated rings. The van der Waals surface area contributed by atoms with Crippen molar-refractivity contribution in [1.82, 2.24) is 10.2 Å². The van der Waals surface area contributed by atoms with Crippen LogP contribution in [0.2, 0.25) is 0 Å². The van der Waals surface area contributed by atoms with Gasteiger partial charge < -0.3 is 10.2 Å². The smallest absolute Gasteiger partial charge is 0.255 e. The standard InChI is InChI=1S/C14H16BrFN2O/c15-12-2-1-10(16)7-11(12)14(19)18-6-4-13-9(8-18)3-5-17-13/h1-2,7,9,13,17H,3-6,8H2. The Labute approximate surface area is 120 Å². The zero-order valence-corrected chi connectivity index (χ0v) is 12.1. The van der Waals surface area contributed by atoms with Gasteiger partial charge in [0, 0.05) is 23.6 Å². The molecule has 0 bridgehead atoms. The van der Waals surface area contributed by atoms with Crippen molar-refractivity contribution >= 4 is 21.8 Å². The number of carbonyl (C=O) groups excluding carboxylic acids is 1. The largest absolute Gasteiger partial charge is 0.338 e. The second-order valence-corrected chi connectivity index (χ2v) is 6.13. The topological polar surface area (TPSA) is 32.3 Å². The van der Waals surface area contributed by atoms with Crippen LogP contribution in [0.25, 0.3) is 0 Å². The Morgan fingerprint density at radius 3 is 3.11 bits per heavy atom. The number of likely N-dealkylation sites (tertiary alicyclic amines) is 1. The molecule has 1 N–H and O–H groups in total. The van der Waals surface area contributed by atoms with Gasteiger partial charge in [-0.25, -0.2) is 4.39 Å². The number of hydrogen-bond donors (Lipinski definition) is 1. The first-order valence-electron chi connectivity index (χ1n) is 6.63. The molecule has 5 heteroatoms. The zero-order chi connectivity index (χ0) is 13.4. The monoisotopic (exact) mass is 326 g/mol. The van der Waals surface area contributed by atoms with Gasteiger partial charge in [-0.2, -0.15) is 0 Å². The van der Waals surface area contributed by atoms with Gasteiger partial charge in [-0.15, -0.1) is 0 Å². The third-order valence-electron chi connectivity index (χ3n) is 4.10. The summed E-state index contributed by atoms with van der Waals surface area (Å²) in [6, 6.07) is 4.81. The molecule has 1 aromatic carbocycles. The van der Waals surface area contributed by atoms with Crippen molar-refractivity contribution in [1.29, 1.82) is 0 Å². The number of benzene rings is 1. The summed E-state index contributed by atoms with van der Waals surface area (Å²) in [6.07, 6.45) is 2.11. The van der Waals surface area contributed by atoms with Gasteiger partial charge in [0.2, 0.25) is 0 Å². The summed E-state index contributed by atoms with van der Waals surface area (Å²) in [4.78, 5) is 14.3. The summed E-state index contributed by atoms with van der Waals surface area (Å²) in [5.74, 6) is 0.103. The lowest BCUT2D eigenvalue weighted by Gasteiger charge is -2.35. The van der Waals surface area contributed by atoms with Crippen LogP contribution in [0, 0.1) is 11.7 Å². The van der Waals surface area contributed by atoms with Crippen molar-refractivity contribution in [2.24, 2.45) is 5.92 Å². The molecule has 0 radical (unpaired) electrons. The third-order valence-corrected chi connectivity index (χ3v) is 4.79. The minimum atomic E-state index is -0.371. The second-order valence-electron chi connectivity index (χ2n) is 5.27. The quantitative estimate of drug-likeness (QED) is 0.859. The molecule has 1 amide bonds. The Hall–Kier alpha value is -0.940. The molecule has 2 unspecified atom stereocenters. The van der Waals surface area contributed by atoms with Crippen LogP contribution < -0.4 is 5.32 Å². The predicted octanol–water partition coefficient (Wildman–Crippen LogP) is 2.41. The average molecular weight is 327 g/mol. The summed E-state index contributed by atoms with van der Waals surface area (Å²) >= 11 is 3.33. The number of amides is 1. The highest BCUT2D eigenvalue weighted by atomic mass is 79.9. The van der Waals surface area contributed by atoms with E-state index in [0.29, 0.717) is 22.0 Å². The van der Waals surface area contributed by atoms with E-state index in [4.69, 9.17) is 0 Å². The summed E-state index contributed by atoms with van der Waals surface area (Å²) in [7, 11) is 0. The van der Waals surface area contributed by atoms with Gasteiger partial charge >= 0.3 is 0 Å². The molecule has 3 rings (SSSR count). The fourth-order valence-corrected chi connectivity index (χ4v) is 3.48. The minimum absolute atomic E-state index is 0.0725. The Morgan fingerprint density at radius 1 is 1.42 bits per heavy atom. The lowest BCUT2D eigenvalue weighted by atomic mass is 9.93. The van der Waals surface area contributed by atoms with E-state index < -0.39 is 0 Å². The summed E-state index contributed by atoms with van der Waals surface area (Å²) < 4.78 is 13.9. The first kappa shape index (κ1) is 13.1. The van der Waals surface area contributed by atoms with Crippen molar-refractivity contribution in [2.75, 3.05) is 19.6 Å². The van der Waals surface area contributed by atoms with Crippen LogP contribution in [0.1, 0.15) is 23.2 Å². The summed E-state index contributed by atoms with van der Waals surface area (Å²) in [5.41, 5.74) is 0.421. The Morgan fingerprint density at radius 2 is 2.26 bits per heavy atom. The molecular weight excluding hydrogens is 311 g/mol. The normalized spacial score (nSPS) is 26.3. The van der Waals surface area contributed by atoms with Crippen LogP contribution in [0.5, 0.6) is 0 Å². The fourth-order valence-electron chi connectivity index (χ4n) is 3.06. The summed E-state index contributed by atoms with van der Waals surface area (Å²) in [5, 5.41) is 3.47. The van der Waals surface area contributed by atoms with E-state index in [0.717, 1.165) is 32.5 Å². The van der Waals surface area contributed by atoms with E-state index >= 15 is 0 Å². The zero-order valence-electron chi connectivity index (χ0n) is 10.5. The number of piperidine rings is 1. The maximum absolute atomic E-state index is 13.3.